The molecule has 6 heteroatoms. The van der Waals surface area contributed by atoms with Gasteiger partial charge in [-0.15, -0.1) is 0 Å². The van der Waals surface area contributed by atoms with Gasteiger partial charge in [-0.1, -0.05) is 53.6 Å². The summed E-state index contributed by atoms with van der Waals surface area (Å²) in [5, 5.41) is 8.41. The maximum atomic E-state index is 11.8. The second kappa shape index (κ2) is 6.85. The van der Waals surface area contributed by atoms with E-state index in [1.54, 1.807) is 16.8 Å². The van der Waals surface area contributed by atoms with Crippen LogP contribution in [-0.2, 0) is 11.3 Å². The highest BCUT2D eigenvalue weighted by Crippen LogP contribution is 2.34. The lowest BCUT2D eigenvalue weighted by Gasteiger charge is -2.21. The molecule has 0 aliphatic carbocycles. The normalized spacial score (nSPS) is 13.1. The molecule has 2 aromatic carbocycles. The number of allylic oxidation sites excluding steroid dienone is 1. The van der Waals surface area contributed by atoms with Gasteiger partial charge in [0.1, 0.15) is 17.8 Å². The van der Waals surface area contributed by atoms with Crippen molar-refractivity contribution in [1.29, 1.82) is 0 Å². The number of halogens is 1. The number of hydrogen-bond acceptors (Lipinski definition) is 4. The largest absolute Gasteiger partial charge is 0.339 e. The van der Waals surface area contributed by atoms with Crippen molar-refractivity contribution in [3.05, 3.63) is 75.8 Å². The van der Waals surface area contributed by atoms with Crippen LogP contribution in [0.4, 0.5) is 5.82 Å². The van der Waals surface area contributed by atoms with Crippen LogP contribution >= 0.6 is 11.6 Å². The molecule has 2 heterocycles. The Morgan fingerprint density at radius 1 is 1.00 bits per heavy atom. The smallest absolute Gasteiger partial charge is 0.156 e. The molecule has 3 aromatic rings. The molecule has 5 nitrogen and oxygen atoms in total. The molecular weight excluding hydrogens is 362 g/mol. The van der Waals surface area contributed by atoms with Crippen LogP contribution in [0.2, 0.25) is 5.02 Å². The molecule has 0 spiro atoms. The summed E-state index contributed by atoms with van der Waals surface area (Å²) in [6.45, 7) is 2.29. The number of benzene rings is 2. The van der Waals surface area contributed by atoms with Crippen molar-refractivity contribution in [3.8, 4) is 11.3 Å². The summed E-state index contributed by atoms with van der Waals surface area (Å²) in [6, 6.07) is 15.0. The van der Waals surface area contributed by atoms with Gasteiger partial charge in [-0.05, 0) is 24.6 Å². The molecule has 0 saturated carbocycles. The van der Waals surface area contributed by atoms with Crippen molar-refractivity contribution < 1.29 is 9.59 Å². The van der Waals surface area contributed by atoms with E-state index in [2.05, 4.69) is 10.4 Å². The summed E-state index contributed by atoms with van der Waals surface area (Å²) in [7, 11) is 0. The number of nitrogens with one attached hydrogen (secondary N) is 1. The van der Waals surface area contributed by atoms with Crippen LogP contribution in [0, 0.1) is 6.92 Å². The fraction of sp³-hybridized carbons (Fsp3) is 0.0952. The number of fused-ring (bicyclic) bond motifs is 1. The van der Waals surface area contributed by atoms with Gasteiger partial charge in [-0.2, -0.15) is 5.10 Å². The van der Waals surface area contributed by atoms with Crippen molar-refractivity contribution >= 4 is 35.7 Å². The number of rotatable bonds is 4. The van der Waals surface area contributed by atoms with E-state index in [1.807, 2.05) is 43.3 Å². The quantitative estimate of drug-likeness (QED) is 0.686. The third kappa shape index (κ3) is 3.06. The summed E-state index contributed by atoms with van der Waals surface area (Å²) < 4.78 is 1.65. The molecule has 1 aliphatic heterocycles. The third-order valence-electron chi connectivity index (χ3n) is 4.59. The van der Waals surface area contributed by atoms with E-state index < -0.39 is 0 Å². The highest BCUT2D eigenvalue weighted by atomic mass is 35.5. The average Bonchev–Trinajstić information content (AvgIpc) is 3.05. The van der Waals surface area contributed by atoms with E-state index >= 15 is 0 Å². The first-order chi connectivity index (χ1) is 13.1. The first-order valence-electron chi connectivity index (χ1n) is 8.45. The Balaban J connectivity index is 1.81. The van der Waals surface area contributed by atoms with Crippen LogP contribution in [0.25, 0.3) is 17.0 Å². The fourth-order valence-electron chi connectivity index (χ4n) is 3.17. The van der Waals surface area contributed by atoms with Crippen molar-refractivity contribution in [2.75, 3.05) is 5.32 Å². The summed E-state index contributed by atoms with van der Waals surface area (Å²) in [6.07, 6.45) is 1.61. The molecule has 4 rings (SSSR count). The Bertz CT molecular complexity index is 1060. The van der Waals surface area contributed by atoms with Crippen molar-refractivity contribution in [2.24, 2.45) is 0 Å². The second-order valence-electron chi connectivity index (χ2n) is 6.40. The first kappa shape index (κ1) is 17.2. The van der Waals surface area contributed by atoms with Gasteiger partial charge in [-0.3, -0.25) is 9.59 Å². The Hall–Kier alpha value is -3.18. The Kier molecular flexibility index (Phi) is 4.38. The van der Waals surface area contributed by atoms with Gasteiger partial charge in [0.25, 0.3) is 0 Å². The third-order valence-corrected chi connectivity index (χ3v) is 4.84. The SMILES string of the molecule is Cc1ccc(-c2nn3c(c2C=O)NC(c2ccc(Cl)cc2)=C(C=O)C3)cc1. The number of aldehydes is 2. The summed E-state index contributed by atoms with van der Waals surface area (Å²) in [4.78, 5) is 23.5. The van der Waals surface area contributed by atoms with E-state index in [0.717, 1.165) is 29.3 Å². The van der Waals surface area contributed by atoms with Gasteiger partial charge < -0.3 is 5.32 Å². The fourth-order valence-corrected chi connectivity index (χ4v) is 3.29. The lowest BCUT2D eigenvalue weighted by Crippen LogP contribution is -2.19. The molecule has 0 radical (unpaired) electrons. The lowest BCUT2D eigenvalue weighted by molar-refractivity contribution is -0.105. The van der Waals surface area contributed by atoms with Crippen LogP contribution < -0.4 is 5.32 Å². The molecule has 27 heavy (non-hydrogen) atoms. The van der Waals surface area contributed by atoms with Gasteiger partial charge in [0, 0.05) is 16.2 Å². The second-order valence-corrected chi connectivity index (χ2v) is 6.84. The van der Waals surface area contributed by atoms with Crippen LogP contribution in [0.15, 0.2) is 54.1 Å². The van der Waals surface area contributed by atoms with E-state index in [4.69, 9.17) is 11.6 Å². The van der Waals surface area contributed by atoms with Gasteiger partial charge >= 0.3 is 0 Å². The topological polar surface area (TPSA) is 64.0 Å². The molecule has 1 aromatic heterocycles. The summed E-state index contributed by atoms with van der Waals surface area (Å²) in [5.74, 6) is 0.580. The molecule has 0 saturated heterocycles. The Labute approximate surface area is 161 Å². The number of aromatic nitrogens is 2. The molecule has 1 aliphatic rings. The minimum absolute atomic E-state index is 0.288. The van der Waals surface area contributed by atoms with Gasteiger partial charge in [-0.25, -0.2) is 4.68 Å². The minimum Gasteiger partial charge on any atom is -0.339 e. The number of carbonyl (C=O) groups is 2. The number of anilines is 1. The van der Waals surface area contributed by atoms with Crippen molar-refractivity contribution in [2.45, 2.75) is 13.5 Å². The monoisotopic (exact) mass is 377 g/mol. The number of aryl methyl sites for hydroxylation is 1. The zero-order chi connectivity index (χ0) is 19.0. The molecule has 0 amide bonds. The first-order valence-corrected chi connectivity index (χ1v) is 8.83. The number of nitrogens with zero attached hydrogens (tertiary/aromatic N) is 2. The number of carbonyl (C=O) groups excluding carboxylic acids is 2. The van der Waals surface area contributed by atoms with Gasteiger partial charge in [0.05, 0.1) is 17.8 Å². The predicted octanol–water partition coefficient (Wildman–Crippen LogP) is 4.36. The average molecular weight is 378 g/mol. The van der Waals surface area contributed by atoms with Gasteiger partial charge in [0.2, 0.25) is 0 Å². The zero-order valence-electron chi connectivity index (χ0n) is 14.6. The summed E-state index contributed by atoms with van der Waals surface area (Å²) >= 11 is 5.97. The van der Waals surface area contributed by atoms with Crippen molar-refractivity contribution in [3.63, 3.8) is 0 Å². The van der Waals surface area contributed by atoms with E-state index in [9.17, 15) is 9.59 Å². The maximum Gasteiger partial charge on any atom is 0.156 e. The van der Waals surface area contributed by atoms with Gasteiger partial charge in [0.15, 0.2) is 6.29 Å². The molecule has 0 fully saturated rings. The molecule has 0 atom stereocenters. The lowest BCUT2D eigenvalue weighted by atomic mass is 10.0. The zero-order valence-corrected chi connectivity index (χ0v) is 15.3. The van der Waals surface area contributed by atoms with Crippen LogP contribution in [-0.4, -0.2) is 22.4 Å². The molecule has 0 bridgehead atoms. The van der Waals surface area contributed by atoms with Crippen LogP contribution in [0.3, 0.4) is 0 Å². The highest BCUT2D eigenvalue weighted by Gasteiger charge is 2.25. The predicted molar refractivity (Wildman–Crippen MR) is 106 cm³/mol. The molecular formula is C21H16ClN3O2. The maximum absolute atomic E-state index is 11.8. The summed E-state index contributed by atoms with van der Waals surface area (Å²) in [5.41, 5.74) is 5.08. The van der Waals surface area contributed by atoms with Crippen LogP contribution in [0.5, 0.6) is 0 Å². The van der Waals surface area contributed by atoms with E-state index in [-0.39, 0.29) is 6.54 Å². The Morgan fingerprint density at radius 2 is 1.67 bits per heavy atom. The molecule has 0 unspecified atom stereocenters. The van der Waals surface area contributed by atoms with E-state index in [1.165, 1.54) is 0 Å². The minimum atomic E-state index is 0.288. The van der Waals surface area contributed by atoms with Crippen molar-refractivity contribution in [1.82, 2.24) is 9.78 Å². The number of hydrogen-bond donors (Lipinski definition) is 1. The van der Waals surface area contributed by atoms with Crippen LogP contribution in [0.1, 0.15) is 21.5 Å². The standard InChI is InChI=1S/C21H16ClN3O2/c1-13-2-4-15(5-3-13)20-18(12-27)21-23-19(14-6-8-17(22)9-7-14)16(11-26)10-25(21)24-20/h2-9,11-12,23H,10H2,1H3. The highest BCUT2D eigenvalue weighted by molar-refractivity contribution is 6.30. The molecule has 134 valence electrons. The Morgan fingerprint density at radius 3 is 2.30 bits per heavy atom. The van der Waals surface area contributed by atoms with E-state index in [0.29, 0.717) is 33.4 Å². The molecule has 1 N–H and O–H groups in total.